The number of ether oxygens (including phenoxy) is 1. The first-order chi connectivity index (χ1) is 13.4. The Kier molecular flexibility index (Phi) is 5.60. The molecule has 3 rings (SSSR count). The number of aryl methyl sites for hydroxylation is 1. The van der Waals surface area contributed by atoms with Crippen LogP contribution in [0.2, 0.25) is 0 Å². The van der Waals surface area contributed by atoms with Crippen molar-refractivity contribution in [3.05, 3.63) is 78.0 Å². The molecule has 0 radical (unpaired) electrons. The Morgan fingerprint density at radius 3 is 2.39 bits per heavy atom. The third kappa shape index (κ3) is 4.29. The van der Waals surface area contributed by atoms with Gasteiger partial charge in [0.25, 0.3) is 10.0 Å². The molecular formula is C20H19N3O4S. The molecule has 0 aliphatic rings. The summed E-state index contributed by atoms with van der Waals surface area (Å²) in [5, 5.41) is 3.03. The number of rotatable bonds is 6. The van der Waals surface area contributed by atoms with Crippen LogP contribution in [0.15, 0.2) is 71.8 Å². The summed E-state index contributed by atoms with van der Waals surface area (Å²) in [6.45, 7) is 1.73. The van der Waals surface area contributed by atoms with Crippen LogP contribution in [0, 0.1) is 6.92 Å². The van der Waals surface area contributed by atoms with Gasteiger partial charge in [-0.1, -0.05) is 30.3 Å². The quantitative estimate of drug-likeness (QED) is 0.615. The number of sulfonamides is 1. The second kappa shape index (κ2) is 8.10. The Bertz CT molecular complexity index is 1100. The first-order valence-corrected chi connectivity index (χ1v) is 9.88. The molecule has 0 saturated heterocycles. The zero-order valence-electron chi connectivity index (χ0n) is 15.3. The summed E-state index contributed by atoms with van der Waals surface area (Å²) in [6.07, 6.45) is 1.40. The highest BCUT2D eigenvalue weighted by atomic mass is 32.2. The van der Waals surface area contributed by atoms with Gasteiger partial charge in [-0.05, 0) is 42.8 Å². The van der Waals surface area contributed by atoms with E-state index in [0.29, 0.717) is 28.3 Å². The molecule has 1 heterocycles. The highest BCUT2D eigenvalue weighted by Gasteiger charge is 2.16. The average Bonchev–Trinajstić information content (AvgIpc) is 2.69. The number of nitrogens with zero attached hydrogens (tertiary/aromatic N) is 1. The largest absolute Gasteiger partial charge is 0.465 e. The number of anilines is 3. The predicted octanol–water partition coefficient (Wildman–Crippen LogP) is 3.72. The predicted molar refractivity (Wildman–Crippen MR) is 107 cm³/mol. The number of aromatic nitrogens is 1. The van der Waals surface area contributed by atoms with Crippen LogP contribution in [-0.4, -0.2) is 26.5 Å². The van der Waals surface area contributed by atoms with Gasteiger partial charge < -0.3 is 10.1 Å². The molecule has 3 aromatic rings. The molecule has 2 aromatic carbocycles. The minimum absolute atomic E-state index is 0.212. The van der Waals surface area contributed by atoms with Crippen molar-refractivity contribution < 1.29 is 17.9 Å². The van der Waals surface area contributed by atoms with Crippen molar-refractivity contribution >= 4 is 33.2 Å². The molecule has 0 atom stereocenters. The van der Waals surface area contributed by atoms with Crippen LogP contribution in [-0.2, 0) is 14.8 Å². The summed E-state index contributed by atoms with van der Waals surface area (Å²) in [5.41, 5.74) is 1.89. The molecule has 0 amide bonds. The normalized spacial score (nSPS) is 10.9. The van der Waals surface area contributed by atoms with Crippen molar-refractivity contribution in [2.45, 2.75) is 11.8 Å². The lowest BCUT2D eigenvalue weighted by Crippen LogP contribution is -2.14. The van der Waals surface area contributed by atoms with Crippen molar-refractivity contribution in [2.75, 3.05) is 17.1 Å². The molecule has 1 aromatic heterocycles. The van der Waals surface area contributed by atoms with E-state index in [1.165, 1.54) is 13.3 Å². The Morgan fingerprint density at radius 2 is 1.71 bits per heavy atom. The molecule has 0 unspecified atom stereocenters. The molecule has 2 N–H and O–H groups in total. The molecule has 8 heteroatoms. The average molecular weight is 397 g/mol. The van der Waals surface area contributed by atoms with E-state index in [4.69, 9.17) is 4.74 Å². The monoisotopic (exact) mass is 397 g/mol. The van der Waals surface area contributed by atoms with Gasteiger partial charge >= 0.3 is 5.97 Å². The number of esters is 1. The lowest BCUT2D eigenvalue weighted by molar-refractivity contribution is 0.0602. The first-order valence-electron chi connectivity index (χ1n) is 8.39. The van der Waals surface area contributed by atoms with Crippen LogP contribution in [0.5, 0.6) is 0 Å². The summed E-state index contributed by atoms with van der Waals surface area (Å²) in [6, 6.07) is 16.8. The fourth-order valence-electron chi connectivity index (χ4n) is 2.61. The molecule has 144 valence electrons. The standard InChI is InChI=1S/C20H19N3O4S/c1-14-7-3-6-10-18(14)28(25,26)23-15-11-12-19(21-13-15)22-17-9-5-4-8-16(17)20(24)27-2/h3-13,23H,1-2H3,(H,21,22). The van der Waals surface area contributed by atoms with E-state index in [2.05, 4.69) is 15.0 Å². The topological polar surface area (TPSA) is 97.4 Å². The van der Waals surface area contributed by atoms with Gasteiger partial charge in [0, 0.05) is 0 Å². The van der Waals surface area contributed by atoms with Crippen molar-refractivity contribution in [1.29, 1.82) is 0 Å². The lowest BCUT2D eigenvalue weighted by Gasteiger charge is -2.12. The highest BCUT2D eigenvalue weighted by Crippen LogP contribution is 2.23. The van der Waals surface area contributed by atoms with E-state index < -0.39 is 16.0 Å². The second-order valence-electron chi connectivity index (χ2n) is 5.97. The fourth-order valence-corrected chi connectivity index (χ4v) is 3.90. The number of methoxy groups -OCH3 is 1. The third-order valence-electron chi connectivity index (χ3n) is 3.99. The van der Waals surface area contributed by atoms with Gasteiger partial charge in [-0.2, -0.15) is 0 Å². The van der Waals surface area contributed by atoms with Gasteiger partial charge in [0.15, 0.2) is 0 Å². The Labute approximate surface area is 163 Å². The van der Waals surface area contributed by atoms with Crippen molar-refractivity contribution in [3.8, 4) is 0 Å². The molecule has 0 aliphatic heterocycles. The minimum Gasteiger partial charge on any atom is -0.465 e. The van der Waals surface area contributed by atoms with Crippen LogP contribution in [0.1, 0.15) is 15.9 Å². The summed E-state index contributed by atoms with van der Waals surface area (Å²) in [7, 11) is -2.40. The van der Waals surface area contributed by atoms with Crippen LogP contribution >= 0.6 is 0 Å². The molecule has 0 spiro atoms. The highest BCUT2D eigenvalue weighted by molar-refractivity contribution is 7.92. The van der Waals surface area contributed by atoms with Gasteiger partial charge in [0.05, 0.1) is 35.1 Å². The first kappa shape index (κ1) is 19.4. The smallest absolute Gasteiger partial charge is 0.339 e. The summed E-state index contributed by atoms with van der Waals surface area (Å²) < 4.78 is 32.4. The maximum atomic E-state index is 12.5. The van der Waals surface area contributed by atoms with Gasteiger partial charge in [0.2, 0.25) is 0 Å². The van der Waals surface area contributed by atoms with E-state index in [9.17, 15) is 13.2 Å². The molecule has 28 heavy (non-hydrogen) atoms. The number of pyridine rings is 1. The Balaban J connectivity index is 1.78. The SMILES string of the molecule is COC(=O)c1ccccc1Nc1ccc(NS(=O)(=O)c2ccccc2C)cn1. The molecule has 7 nitrogen and oxygen atoms in total. The molecule has 0 fully saturated rings. The van der Waals surface area contributed by atoms with E-state index in [1.807, 2.05) is 0 Å². The Morgan fingerprint density at radius 1 is 1.00 bits per heavy atom. The van der Waals surface area contributed by atoms with Crippen molar-refractivity contribution in [3.63, 3.8) is 0 Å². The molecular weight excluding hydrogens is 378 g/mol. The number of nitrogens with one attached hydrogen (secondary N) is 2. The number of hydrogen-bond donors (Lipinski definition) is 2. The van der Waals surface area contributed by atoms with Gasteiger partial charge in [-0.15, -0.1) is 0 Å². The fraction of sp³-hybridized carbons (Fsp3) is 0.100. The zero-order valence-corrected chi connectivity index (χ0v) is 16.2. The lowest BCUT2D eigenvalue weighted by atomic mass is 10.2. The molecule has 0 aliphatic carbocycles. The number of carbonyl (C=O) groups is 1. The number of carbonyl (C=O) groups excluding carboxylic acids is 1. The summed E-state index contributed by atoms with van der Waals surface area (Å²) in [4.78, 5) is 16.3. The van der Waals surface area contributed by atoms with Crippen LogP contribution in [0.25, 0.3) is 0 Å². The van der Waals surface area contributed by atoms with Gasteiger partial charge in [0.1, 0.15) is 5.82 Å². The number of para-hydroxylation sites is 1. The summed E-state index contributed by atoms with van der Waals surface area (Å²) in [5.74, 6) is -0.0131. The van der Waals surface area contributed by atoms with E-state index in [1.54, 1.807) is 67.6 Å². The molecule has 0 bridgehead atoms. The summed E-state index contributed by atoms with van der Waals surface area (Å²) >= 11 is 0. The van der Waals surface area contributed by atoms with Gasteiger partial charge in [-0.25, -0.2) is 18.2 Å². The van der Waals surface area contributed by atoms with Crippen LogP contribution in [0.3, 0.4) is 0 Å². The number of hydrogen-bond acceptors (Lipinski definition) is 6. The van der Waals surface area contributed by atoms with Crippen LogP contribution in [0.4, 0.5) is 17.2 Å². The minimum atomic E-state index is -3.71. The van der Waals surface area contributed by atoms with Crippen molar-refractivity contribution in [2.24, 2.45) is 0 Å². The van der Waals surface area contributed by atoms with Crippen LogP contribution < -0.4 is 10.0 Å². The maximum absolute atomic E-state index is 12.5. The second-order valence-corrected chi connectivity index (χ2v) is 7.62. The van der Waals surface area contributed by atoms with Gasteiger partial charge in [-0.3, -0.25) is 4.72 Å². The van der Waals surface area contributed by atoms with Crippen molar-refractivity contribution in [1.82, 2.24) is 4.98 Å². The van der Waals surface area contributed by atoms with E-state index in [-0.39, 0.29) is 4.90 Å². The zero-order chi connectivity index (χ0) is 20.1. The molecule has 0 saturated carbocycles. The van der Waals surface area contributed by atoms with E-state index in [0.717, 1.165) is 0 Å². The Hall–Kier alpha value is -3.39. The third-order valence-corrected chi connectivity index (χ3v) is 5.54. The maximum Gasteiger partial charge on any atom is 0.339 e. The van der Waals surface area contributed by atoms with E-state index >= 15 is 0 Å². The number of benzene rings is 2.